The molecule has 4 heteroatoms. The molecule has 0 heterocycles. The SMILES string of the molecule is Cc1ccc(S(=O)(=O)NCCCC2C=CCC2)cc1. The maximum absolute atomic E-state index is 12.0. The molecule has 0 radical (unpaired) electrons. The molecule has 0 fully saturated rings. The van der Waals surface area contributed by atoms with Crippen molar-refractivity contribution in [2.75, 3.05) is 6.54 Å². The molecule has 0 saturated heterocycles. The minimum Gasteiger partial charge on any atom is -0.211 e. The molecule has 1 aromatic rings. The van der Waals surface area contributed by atoms with Gasteiger partial charge >= 0.3 is 0 Å². The van der Waals surface area contributed by atoms with Crippen molar-refractivity contribution in [3.63, 3.8) is 0 Å². The van der Waals surface area contributed by atoms with Crippen LogP contribution in [0.5, 0.6) is 0 Å². The third-order valence-electron chi connectivity index (χ3n) is 3.49. The second-order valence-electron chi connectivity index (χ2n) is 5.12. The molecule has 2 rings (SSSR count). The molecule has 1 N–H and O–H groups in total. The summed E-state index contributed by atoms with van der Waals surface area (Å²) in [5, 5.41) is 0. The number of sulfonamides is 1. The van der Waals surface area contributed by atoms with Gasteiger partial charge in [-0.25, -0.2) is 13.1 Å². The Morgan fingerprint density at radius 1 is 1.26 bits per heavy atom. The van der Waals surface area contributed by atoms with Crippen molar-refractivity contribution in [1.29, 1.82) is 0 Å². The number of hydrogen-bond donors (Lipinski definition) is 1. The Bertz CT molecular complexity index is 532. The highest BCUT2D eigenvalue weighted by Crippen LogP contribution is 2.21. The van der Waals surface area contributed by atoms with E-state index in [0.29, 0.717) is 17.4 Å². The van der Waals surface area contributed by atoms with E-state index in [2.05, 4.69) is 16.9 Å². The van der Waals surface area contributed by atoms with Crippen LogP contribution >= 0.6 is 0 Å². The number of rotatable bonds is 6. The Labute approximate surface area is 115 Å². The molecule has 104 valence electrons. The van der Waals surface area contributed by atoms with Crippen LogP contribution in [0.2, 0.25) is 0 Å². The number of hydrogen-bond acceptors (Lipinski definition) is 2. The van der Waals surface area contributed by atoms with Gasteiger partial charge in [0, 0.05) is 6.54 Å². The van der Waals surface area contributed by atoms with E-state index in [1.807, 2.05) is 19.1 Å². The second-order valence-corrected chi connectivity index (χ2v) is 6.89. The Morgan fingerprint density at radius 2 is 2.00 bits per heavy atom. The predicted octanol–water partition coefficient (Wildman–Crippen LogP) is 3.02. The van der Waals surface area contributed by atoms with E-state index in [1.54, 1.807) is 12.1 Å². The third kappa shape index (κ3) is 4.18. The molecule has 0 amide bonds. The summed E-state index contributed by atoms with van der Waals surface area (Å²) >= 11 is 0. The first-order valence-corrected chi connectivity index (χ1v) is 8.29. The zero-order chi connectivity index (χ0) is 13.7. The van der Waals surface area contributed by atoms with Gasteiger partial charge in [-0.3, -0.25) is 0 Å². The first-order chi connectivity index (χ1) is 9.08. The zero-order valence-corrected chi connectivity index (χ0v) is 12.1. The summed E-state index contributed by atoms with van der Waals surface area (Å²) < 4.78 is 26.7. The van der Waals surface area contributed by atoms with Gasteiger partial charge < -0.3 is 0 Å². The van der Waals surface area contributed by atoms with Crippen LogP contribution in [0.15, 0.2) is 41.3 Å². The standard InChI is InChI=1S/C15H21NO2S/c1-13-8-10-15(11-9-13)19(17,18)16-12-4-7-14-5-2-3-6-14/h2,5,8-11,14,16H,3-4,6-7,12H2,1H3. The second kappa shape index (κ2) is 6.35. The molecule has 3 nitrogen and oxygen atoms in total. The van der Waals surface area contributed by atoms with Crippen LogP contribution in [0.1, 0.15) is 31.2 Å². The predicted molar refractivity (Wildman–Crippen MR) is 77.5 cm³/mol. The van der Waals surface area contributed by atoms with Crippen LogP contribution < -0.4 is 4.72 Å². The van der Waals surface area contributed by atoms with E-state index in [4.69, 9.17) is 0 Å². The van der Waals surface area contributed by atoms with Gasteiger partial charge in [0.05, 0.1) is 4.90 Å². The van der Waals surface area contributed by atoms with Crippen LogP contribution in [-0.2, 0) is 10.0 Å². The molecule has 1 aliphatic rings. The summed E-state index contributed by atoms with van der Waals surface area (Å²) in [5.41, 5.74) is 1.06. The van der Waals surface area contributed by atoms with Gasteiger partial charge in [-0.2, -0.15) is 0 Å². The van der Waals surface area contributed by atoms with Crippen LogP contribution in [0.3, 0.4) is 0 Å². The van der Waals surface area contributed by atoms with Crippen molar-refractivity contribution in [1.82, 2.24) is 4.72 Å². The first-order valence-electron chi connectivity index (χ1n) is 6.81. The summed E-state index contributed by atoms with van der Waals surface area (Å²) in [4.78, 5) is 0.346. The lowest BCUT2D eigenvalue weighted by Gasteiger charge is -2.09. The van der Waals surface area contributed by atoms with E-state index in [-0.39, 0.29) is 0 Å². The molecular weight excluding hydrogens is 258 g/mol. The van der Waals surface area contributed by atoms with Gasteiger partial charge in [0.15, 0.2) is 0 Å². The van der Waals surface area contributed by atoms with Crippen LogP contribution in [0, 0.1) is 12.8 Å². The van der Waals surface area contributed by atoms with Crippen molar-refractivity contribution in [2.45, 2.75) is 37.5 Å². The molecule has 0 spiro atoms. The smallest absolute Gasteiger partial charge is 0.211 e. The molecule has 0 saturated carbocycles. The maximum atomic E-state index is 12.0. The molecular formula is C15H21NO2S. The average molecular weight is 279 g/mol. The van der Waals surface area contributed by atoms with Gasteiger partial charge in [0.25, 0.3) is 0 Å². The highest BCUT2D eigenvalue weighted by Gasteiger charge is 2.13. The summed E-state index contributed by atoms with van der Waals surface area (Å²) in [7, 11) is -3.34. The van der Waals surface area contributed by atoms with E-state index in [9.17, 15) is 8.42 Å². The molecule has 1 aliphatic carbocycles. The van der Waals surface area contributed by atoms with Crippen molar-refractivity contribution in [2.24, 2.45) is 5.92 Å². The normalized spacial score (nSPS) is 18.9. The number of allylic oxidation sites excluding steroid dienone is 2. The minimum absolute atomic E-state index is 0.346. The number of aryl methyl sites for hydroxylation is 1. The summed E-state index contributed by atoms with van der Waals surface area (Å²) in [6, 6.07) is 6.94. The highest BCUT2D eigenvalue weighted by atomic mass is 32.2. The van der Waals surface area contributed by atoms with Gasteiger partial charge in [0.1, 0.15) is 0 Å². The molecule has 0 aromatic heterocycles. The lowest BCUT2D eigenvalue weighted by atomic mass is 10.0. The monoisotopic (exact) mass is 279 g/mol. The Kier molecular flexibility index (Phi) is 4.77. The Hall–Kier alpha value is -1.13. The number of benzene rings is 1. The zero-order valence-electron chi connectivity index (χ0n) is 11.3. The first kappa shape index (κ1) is 14.3. The molecule has 0 aliphatic heterocycles. The molecule has 1 atom stereocenters. The fourth-order valence-electron chi connectivity index (χ4n) is 2.31. The van der Waals surface area contributed by atoms with E-state index in [0.717, 1.165) is 18.4 Å². The van der Waals surface area contributed by atoms with Crippen molar-refractivity contribution in [3.8, 4) is 0 Å². The average Bonchev–Trinajstić information content (AvgIpc) is 2.88. The van der Waals surface area contributed by atoms with Crippen LogP contribution in [0.25, 0.3) is 0 Å². The fourth-order valence-corrected chi connectivity index (χ4v) is 3.38. The topological polar surface area (TPSA) is 46.2 Å². The lowest BCUT2D eigenvalue weighted by molar-refractivity contribution is 0.537. The van der Waals surface area contributed by atoms with Crippen molar-refractivity contribution in [3.05, 3.63) is 42.0 Å². The van der Waals surface area contributed by atoms with Gasteiger partial charge in [0.2, 0.25) is 10.0 Å². The van der Waals surface area contributed by atoms with Crippen molar-refractivity contribution < 1.29 is 8.42 Å². The lowest BCUT2D eigenvalue weighted by Crippen LogP contribution is -2.25. The largest absolute Gasteiger partial charge is 0.240 e. The maximum Gasteiger partial charge on any atom is 0.240 e. The van der Waals surface area contributed by atoms with Crippen LogP contribution in [-0.4, -0.2) is 15.0 Å². The van der Waals surface area contributed by atoms with E-state index in [1.165, 1.54) is 12.8 Å². The quantitative estimate of drug-likeness (QED) is 0.642. The van der Waals surface area contributed by atoms with Crippen LogP contribution in [0.4, 0.5) is 0 Å². The number of nitrogens with one attached hydrogen (secondary N) is 1. The van der Waals surface area contributed by atoms with E-state index >= 15 is 0 Å². The third-order valence-corrected chi connectivity index (χ3v) is 4.96. The molecule has 0 bridgehead atoms. The molecule has 1 aromatic carbocycles. The van der Waals surface area contributed by atoms with E-state index < -0.39 is 10.0 Å². The molecule has 1 unspecified atom stereocenters. The summed E-state index contributed by atoms with van der Waals surface area (Å²) in [5.74, 6) is 0.642. The summed E-state index contributed by atoms with van der Waals surface area (Å²) in [6.45, 7) is 2.46. The Morgan fingerprint density at radius 3 is 2.63 bits per heavy atom. The minimum atomic E-state index is -3.34. The van der Waals surface area contributed by atoms with Gasteiger partial charge in [-0.1, -0.05) is 29.8 Å². The van der Waals surface area contributed by atoms with Gasteiger partial charge in [-0.15, -0.1) is 0 Å². The Balaban J connectivity index is 1.80. The highest BCUT2D eigenvalue weighted by molar-refractivity contribution is 7.89. The van der Waals surface area contributed by atoms with Gasteiger partial charge in [-0.05, 0) is 50.7 Å². The fraction of sp³-hybridized carbons (Fsp3) is 0.467. The van der Waals surface area contributed by atoms with Crippen molar-refractivity contribution >= 4 is 10.0 Å². The summed E-state index contributed by atoms with van der Waals surface area (Å²) in [6.07, 6.45) is 8.78. The molecule has 19 heavy (non-hydrogen) atoms.